The smallest absolute Gasteiger partial charge is 0.259 e. The maximum Gasteiger partial charge on any atom is 0.259 e. The van der Waals surface area contributed by atoms with Gasteiger partial charge in [-0.05, 0) is 25.2 Å². The number of rotatable bonds is 2. The number of hydrogen-bond acceptors (Lipinski definition) is 6. The predicted molar refractivity (Wildman–Crippen MR) is 170 cm³/mol. The fourth-order valence-corrected chi connectivity index (χ4v) is 6.28. The molecule has 2 amide bonds. The zero-order valence-corrected chi connectivity index (χ0v) is 25.2. The van der Waals surface area contributed by atoms with Crippen molar-refractivity contribution in [2.45, 2.75) is 26.9 Å². The lowest BCUT2D eigenvalue weighted by atomic mass is 9.95. The predicted octanol–water partition coefficient (Wildman–Crippen LogP) is 3.85. The molecule has 0 atom stereocenters. The molecular formula is C34H41N5O4. The number of amides is 2. The summed E-state index contributed by atoms with van der Waals surface area (Å²) in [6.45, 7) is 13.6. The molecule has 0 unspecified atom stereocenters. The highest BCUT2D eigenvalue weighted by Gasteiger charge is 2.35. The molecule has 226 valence electrons. The first-order valence-corrected chi connectivity index (χ1v) is 15.5. The van der Waals surface area contributed by atoms with Gasteiger partial charge in [-0.15, -0.1) is 0 Å². The molecule has 2 aromatic heterocycles. The van der Waals surface area contributed by atoms with Gasteiger partial charge in [0.2, 0.25) is 0 Å². The van der Waals surface area contributed by atoms with Gasteiger partial charge in [0.25, 0.3) is 11.8 Å². The van der Waals surface area contributed by atoms with E-state index >= 15 is 0 Å². The Morgan fingerprint density at radius 3 is 1.56 bits per heavy atom. The number of nitrogens with one attached hydrogen (secondary N) is 1. The molecule has 0 radical (unpaired) electrons. The highest BCUT2D eigenvalue weighted by Crippen LogP contribution is 2.39. The maximum absolute atomic E-state index is 13.5. The lowest BCUT2D eigenvalue weighted by Gasteiger charge is -2.22. The SMILES string of the molecule is CCN1CCOCCN(CC)CCn2cc(c3ccccc32)C2=C(C(=O)NC2=O)c2cn(c3ccccc23)CCOCC1. The highest BCUT2D eigenvalue weighted by atomic mass is 16.5. The van der Waals surface area contributed by atoms with E-state index in [1.165, 1.54) is 0 Å². The molecule has 2 aromatic carbocycles. The van der Waals surface area contributed by atoms with E-state index in [9.17, 15) is 9.59 Å². The molecule has 2 aliphatic rings. The summed E-state index contributed by atoms with van der Waals surface area (Å²) in [4.78, 5) is 31.7. The van der Waals surface area contributed by atoms with E-state index in [-0.39, 0.29) is 11.8 Å². The summed E-state index contributed by atoms with van der Waals surface area (Å²) in [6.07, 6.45) is 4.04. The summed E-state index contributed by atoms with van der Waals surface area (Å²) in [7, 11) is 0. The Labute approximate surface area is 252 Å². The minimum atomic E-state index is -0.359. The minimum Gasteiger partial charge on any atom is -0.379 e. The average Bonchev–Trinajstić information content (AvgIpc) is 3.66. The first-order chi connectivity index (χ1) is 21.1. The van der Waals surface area contributed by atoms with Gasteiger partial charge in [-0.3, -0.25) is 24.7 Å². The van der Waals surface area contributed by atoms with Crippen LogP contribution in [0.3, 0.4) is 0 Å². The topological polar surface area (TPSA) is 81.0 Å². The van der Waals surface area contributed by atoms with Crippen LogP contribution >= 0.6 is 0 Å². The fraction of sp³-hybridized carbons (Fsp3) is 0.412. The van der Waals surface area contributed by atoms with Crippen LogP contribution in [0, 0.1) is 0 Å². The number of benzene rings is 2. The van der Waals surface area contributed by atoms with Crippen LogP contribution < -0.4 is 5.32 Å². The second kappa shape index (κ2) is 13.3. The number of para-hydroxylation sites is 2. The van der Waals surface area contributed by atoms with Crippen LogP contribution in [0.15, 0.2) is 60.9 Å². The van der Waals surface area contributed by atoms with Crippen molar-refractivity contribution in [3.8, 4) is 0 Å². The number of hydrogen-bond donors (Lipinski definition) is 1. The summed E-state index contributed by atoms with van der Waals surface area (Å²) in [6, 6.07) is 16.2. The van der Waals surface area contributed by atoms with Crippen molar-refractivity contribution in [2.24, 2.45) is 0 Å². The van der Waals surface area contributed by atoms with Crippen molar-refractivity contribution in [3.05, 3.63) is 72.1 Å². The number of fused-ring (bicyclic) bond motifs is 12. The first kappa shape index (κ1) is 29.3. The zero-order valence-electron chi connectivity index (χ0n) is 25.2. The summed E-state index contributed by atoms with van der Waals surface area (Å²) >= 11 is 0. The Kier molecular flexibility index (Phi) is 9.04. The molecular weight excluding hydrogens is 542 g/mol. The van der Waals surface area contributed by atoms with Crippen molar-refractivity contribution in [1.29, 1.82) is 0 Å². The van der Waals surface area contributed by atoms with Gasteiger partial charge >= 0.3 is 0 Å². The van der Waals surface area contributed by atoms with Gasteiger partial charge in [-0.2, -0.15) is 0 Å². The Hall–Kier alpha value is -3.76. The zero-order chi connectivity index (χ0) is 29.8. The molecule has 4 bridgehead atoms. The molecule has 0 saturated carbocycles. The van der Waals surface area contributed by atoms with Crippen LogP contribution in [-0.2, 0) is 32.2 Å². The Morgan fingerprint density at radius 1 is 0.605 bits per heavy atom. The molecule has 9 nitrogen and oxygen atoms in total. The van der Waals surface area contributed by atoms with Crippen molar-refractivity contribution in [3.63, 3.8) is 0 Å². The quantitative estimate of drug-likeness (QED) is 0.361. The number of aromatic nitrogens is 2. The highest BCUT2D eigenvalue weighted by molar-refractivity contribution is 6.50. The van der Waals surface area contributed by atoms with Gasteiger partial charge in [0.15, 0.2) is 0 Å². The van der Waals surface area contributed by atoms with E-state index in [4.69, 9.17) is 9.47 Å². The molecule has 0 spiro atoms. The third-order valence-electron chi connectivity index (χ3n) is 8.73. The fourth-order valence-electron chi connectivity index (χ4n) is 6.28. The molecule has 0 aliphatic carbocycles. The van der Waals surface area contributed by atoms with Gasteiger partial charge in [0, 0.05) is 84.6 Å². The van der Waals surface area contributed by atoms with Gasteiger partial charge in [0.05, 0.1) is 37.6 Å². The number of imide groups is 1. The van der Waals surface area contributed by atoms with Crippen molar-refractivity contribution in [1.82, 2.24) is 24.3 Å². The van der Waals surface area contributed by atoms with Gasteiger partial charge < -0.3 is 18.6 Å². The molecule has 4 heterocycles. The molecule has 0 saturated heterocycles. The second-order valence-corrected chi connectivity index (χ2v) is 11.1. The second-order valence-electron chi connectivity index (χ2n) is 11.1. The maximum atomic E-state index is 13.5. The Bertz CT molecular complexity index is 1650. The molecule has 43 heavy (non-hydrogen) atoms. The summed E-state index contributed by atoms with van der Waals surface area (Å²) in [5.41, 5.74) is 4.46. The molecule has 1 N–H and O–H groups in total. The molecule has 6 rings (SSSR count). The number of carbonyl (C=O) groups is 2. The van der Waals surface area contributed by atoms with Crippen LogP contribution in [0.5, 0.6) is 0 Å². The number of ether oxygens (including phenoxy) is 2. The lowest BCUT2D eigenvalue weighted by molar-refractivity contribution is -0.122. The summed E-state index contributed by atoms with van der Waals surface area (Å²) in [5.74, 6) is -0.715. The van der Waals surface area contributed by atoms with Crippen LogP contribution in [-0.4, -0.2) is 96.4 Å². The summed E-state index contributed by atoms with van der Waals surface area (Å²) in [5, 5.41) is 4.51. The third-order valence-corrected chi connectivity index (χ3v) is 8.73. The van der Waals surface area contributed by atoms with E-state index in [1.54, 1.807) is 0 Å². The van der Waals surface area contributed by atoms with E-state index < -0.39 is 0 Å². The third kappa shape index (κ3) is 6.03. The Balaban J connectivity index is 1.44. The van der Waals surface area contributed by atoms with Crippen LogP contribution in [0.4, 0.5) is 0 Å². The van der Waals surface area contributed by atoms with Crippen molar-refractivity contribution < 1.29 is 19.1 Å². The summed E-state index contributed by atoms with van der Waals surface area (Å²) < 4.78 is 16.4. The van der Waals surface area contributed by atoms with Crippen LogP contribution in [0.2, 0.25) is 0 Å². The van der Waals surface area contributed by atoms with Gasteiger partial charge in [0.1, 0.15) is 0 Å². The van der Waals surface area contributed by atoms with Gasteiger partial charge in [-0.25, -0.2) is 0 Å². The lowest BCUT2D eigenvalue weighted by Crippen LogP contribution is -2.33. The van der Waals surface area contributed by atoms with E-state index in [0.29, 0.717) is 44.1 Å². The standard InChI is InChI=1S/C34H41N5O4/c1-3-36-13-14-38-23-27(25-9-5-7-11-29(25)38)31-32(34(41)35-33(31)40)28-24-39(30-12-8-6-10-26(28)30)18-22-43-21-17-37(4-2)16-20-42-19-15-36/h5-12,23-24H,3-4,13-22H2,1-2H3,(H,35,40,41). The van der Waals surface area contributed by atoms with E-state index in [0.717, 1.165) is 78.7 Å². The van der Waals surface area contributed by atoms with Gasteiger partial charge in [-0.1, -0.05) is 50.2 Å². The number of nitrogens with zero attached hydrogens (tertiary/aromatic N) is 4. The van der Waals surface area contributed by atoms with E-state index in [1.807, 2.05) is 48.8 Å². The minimum absolute atomic E-state index is 0.356. The molecule has 4 aromatic rings. The molecule has 9 heteroatoms. The average molecular weight is 584 g/mol. The molecule has 0 fully saturated rings. The largest absolute Gasteiger partial charge is 0.379 e. The van der Waals surface area contributed by atoms with Crippen LogP contribution in [0.25, 0.3) is 33.0 Å². The van der Waals surface area contributed by atoms with Crippen molar-refractivity contribution >= 4 is 44.8 Å². The number of carbonyl (C=O) groups excluding carboxylic acids is 2. The van der Waals surface area contributed by atoms with E-state index in [2.05, 4.69) is 50.2 Å². The normalized spacial score (nSPS) is 18.9. The first-order valence-electron chi connectivity index (χ1n) is 15.5. The van der Waals surface area contributed by atoms with Crippen LogP contribution in [0.1, 0.15) is 25.0 Å². The number of likely N-dealkylation sites (N-methyl/N-ethyl adjacent to an activating group) is 2. The van der Waals surface area contributed by atoms with Crippen molar-refractivity contribution in [2.75, 3.05) is 65.7 Å². The Morgan fingerprint density at radius 2 is 1.05 bits per heavy atom. The monoisotopic (exact) mass is 583 g/mol. The molecule has 2 aliphatic heterocycles.